The average molecular weight is 179 g/mol. The molecule has 0 amide bonds. The number of ether oxygens (including phenoxy) is 1. The van der Waals surface area contributed by atoms with Crippen molar-refractivity contribution in [2.24, 2.45) is 11.7 Å². The van der Waals surface area contributed by atoms with E-state index in [1.807, 2.05) is 0 Å². The molecule has 0 saturated carbocycles. The molecule has 0 aromatic heterocycles. The first-order chi connectivity index (χ1) is 6.40. The van der Waals surface area contributed by atoms with E-state index < -0.39 is 0 Å². The summed E-state index contributed by atoms with van der Waals surface area (Å²) in [6, 6.07) is 0. The van der Waals surface area contributed by atoms with Gasteiger partial charge in [-0.3, -0.25) is 0 Å². The standard InChI is InChI=1S/C11H17NO/c12-8-7-10-6-5-9-3-1-2-4-11(9)13-10/h1-4,9-11H,5-8,12H2/t9?,10?,11-/m0/s1. The third-order valence-corrected chi connectivity index (χ3v) is 2.85. The third kappa shape index (κ3) is 2.01. The van der Waals surface area contributed by atoms with Crippen LogP contribution in [0.5, 0.6) is 0 Å². The normalized spacial score (nSPS) is 37.5. The third-order valence-electron chi connectivity index (χ3n) is 2.85. The highest BCUT2D eigenvalue weighted by Crippen LogP contribution is 2.29. The number of allylic oxidation sites excluding steroid dienone is 2. The smallest absolute Gasteiger partial charge is 0.0825 e. The molecule has 2 unspecified atom stereocenters. The summed E-state index contributed by atoms with van der Waals surface area (Å²) in [4.78, 5) is 0. The number of nitrogens with two attached hydrogens (primary N) is 1. The van der Waals surface area contributed by atoms with Gasteiger partial charge in [0, 0.05) is 5.92 Å². The lowest BCUT2D eigenvalue weighted by atomic mass is 9.88. The minimum Gasteiger partial charge on any atom is -0.370 e. The van der Waals surface area contributed by atoms with Crippen LogP contribution in [-0.2, 0) is 4.74 Å². The summed E-state index contributed by atoms with van der Waals surface area (Å²) in [6.45, 7) is 0.738. The summed E-state index contributed by atoms with van der Waals surface area (Å²) in [7, 11) is 0. The van der Waals surface area contributed by atoms with Gasteiger partial charge in [-0.1, -0.05) is 24.3 Å². The molecule has 0 aromatic rings. The van der Waals surface area contributed by atoms with Crippen LogP contribution in [0.25, 0.3) is 0 Å². The van der Waals surface area contributed by atoms with Crippen LogP contribution in [0.15, 0.2) is 24.3 Å². The summed E-state index contributed by atoms with van der Waals surface area (Å²) in [5, 5.41) is 0. The van der Waals surface area contributed by atoms with Crippen LogP contribution in [0.4, 0.5) is 0 Å². The lowest BCUT2D eigenvalue weighted by molar-refractivity contribution is -0.0491. The van der Waals surface area contributed by atoms with Gasteiger partial charge in [0.2, 0.25) is 0 Å². The molecule has 2 rings (SSSR count). The molecular formula is C11H17NO. The van der Waals surface area contributed by atoms with Crippen molar-refractivity contribution in [3.05, 3.63) is 24.3 Å². The monoisotopic (exact) mass is 179 g/mol. The molecule has 0 radical (unpaired) electrons. The van der Waals surface area contributed by atoms with Crippen LogP contribution in [0.2, 0.25) is 0 Å². The molecular weight excluding hydrogens is 162 g/mol. The van der Waals surface area contributed by atoms with E-state index in [9.17, 15) is 0 Å². The van der Waals surface area contributed by atoms with Crippen LogP contribution in [0, 0.1) is 5.92 Å². The van der Waals surface area contributed by atoms with E-state index in [4.69, 9.17) is 10.5 Å². The maximum Gasteiger partial charge on any atom is 0.0825 e. The molecule has 1 aliphatic carbocycles. The summed E-state index contributed by atoms with van der Waals surface area (Å²) < 4.78 is 5.91. The van der Waals surface area contributed by atoms with E-state index in [1.165, 1.54) is 6.42 Å². The van der Waals surface area contributed by atoms with Gasteiger partial charge in [-0.25, -0.2) is 0 Å². The van der Waals surface area contributed by atoms with Crippen molar-refractivity contribution in [2.45, 2.75) is 31.5 Å². The highest BCUT2D eigenvalue weighted by Gasteiger charge is 2.28. The molecule has 1 saturated heterocycles. The van der Waals surface area contributed by atoms with Crippen molar-refractivity contribution in [1.29, 1.82) is 0 Å². The summed E-state index contributed by atoms with van der Waals surface area (Å²) >= 11 is 0. The van der Waals surface area contributed by atoms with Crippen molar-refractivity contribution < 1.29 is 4.74 Å². The van der Waals surface area contributed by atoms with Crippen molar-refractivity contribution >= 4 is 0 Å². The van der Waals surface area contributed by atoms with Crippen molar-refractivity contribution in [3.8, 4) is 0 Å². The first-order valence-corrected chi connectivity index (χ1v) is 5.10. The summed E-state index contributed by atoms with van der Waals surface area (Å²) in [5.74, 6) is 0.610. The fourth-order valence-corrected chi connectivity index (χ4v) is 2.11. The molecule has 2 N–H and O–H groups in total. The van der Waals surface area contributed by atoms with Gasteiger partial charge in [0.25, 0.3) is 0 Å². The first kappa shape index (κ1) is 8.97. The fourth-order valence-electron chi connectivity index (χ4n) is 2.11. The Balaban J connectivity index is 1.92. The Kier molecular flexibility index (Phi) is 2.81. The number of fused-ring (bicyclic) bond motifs is 1. The predicted molar refractivity (Wildman–Crippen MR) is 53.3 cm³/mol. The minimum atomic E-state index is 0.315. The fraction of sp³-hybridized carbons (Fsp3) is 0.636. The SMILES string of the molecule is NCCC1CCC2C=CC=C[C@@H]2O1. The topological polar surface area (TPSA) is 35.2 Å². The Morgan fingerprint density at radius 2 is 2.08 bits per heavy atom. The Labute approximate surface area is 79.5 Å². The van der Waals surface area contributed by atoms with E-state index in [0.717, 1.165) is 19.4 Å². The maximum atomic E-state index is 5.91. The molecule has 72 valence electrons. The Bertz CT molecular complexity index is 222. The van der Waals surface area contributed by atoms with Crippen LogP contribution >= 0.6 is 0 Å². The first-order valence-electron chi connectivity index (χ1n) is 5.10. The Morgan fingerprint density at radius 1 is 1.23 bits per heavy atom. The van der Waals surface area contributed by atoms with E-state index >= 15 is 0 Å². The van der Waals surface area contributed by atoms with Crippen molar-refractivity contribution in [3.63, 3.8) is 0 Å². The summed E-state index contributed by atoms with van der Waals surface area (Å²) in [6.07, 6.45) is 12.7. The largest absolute Gasteiger partial charge is 0.370 e. The van der Waals surface area contributed by atoms with Gasteiger partial charge < -0.3 is 10.5 Å². The lowest BCUT2D eigenvalue weighted by Gasteiger charge is -2.34. The molecule has 2 aliphatic rings. The van der Waals surface area contributed by atoms with E-state index in [-0.39, 0.29) is 0 Å². The predicted octanol–water partition coefficient (Wildman–Crippen LogP) is 1.63. The van der Waals surface area contributed by atoms with E-state index in [2.05, 4.69) is 24.3 Å². The maximum absolute atomic E-state index is 5.91. The molecule has 13 heavy (non-hydrogen) atoms. The van der Waals surface area contributed by atoms with Crippen LogP contribution in [0.3, 0.4) is 0 Å². The second-order valence-electron chi connectivity index (χ2n) is 3.81. The van der Waals surface area contributed by atoms with Crippen molar-refractivity contribution in [2.75, 3.05) is 6.54 Å². The van der Waals surface area contributed by atoms with Gasteiger partial charge in [0.05, 0.1) is 12.2 Å². The summed E-state index contributed by atoms with van der Waals surface area (Å²) in [5.41, 5.74) is 5.52. The molecule has 1 aliphatic heterocycles. The Hall–Kier alpha value is -0.600. The number of hydrogen-bond acceptors (Lipinski definition) is 2. The highest BCUT2D eigenvalue weighted by molar-refractivity contribution is 5.16. The van der Waals surface area contributed by atoms with Gasteiger partial charge >= 0.3 is 0 Å². The van der Waals surface area contributed by atoms with Crippen LogP contribution in [0.1, 0.15) is 19.3 Å². The molecule has 0 spiro atoms. The molecule has 2 heteroatoms. The second-order valence-corrected chi connectivity index (χ2v) is 3.81. The number of hydrogen-bond donors (Lipinski definition) is 1. The molecule has 0 aromatic carbocycles. The quantitative estimate of drug-likeness (QED) is 0.699. The van der Waals surface area contributed by atoms with E-state index in [1.54, 1.807) is 0 Å². The number of rotatable bonds is 2. The van der Waals surface area contributed by atoms with Gasteiger partial charge in [0.15, 0.2) is 0 Å². The van der Waals surface area contributed by atoms with Crippen molar-refractivity contribution in [1.82, 2.24) is 0 Å². The second kappa shape index (κ2) is 4.07. The Morgan fingerprint density at radius 3 is 2.92 bits per heavy atom. The molecule has 1 heterocycles. The van der Waals surface area contributed by atoms with Gasteiger partial charge in [-0.05, 0) is 25.8 Å². The van der Waals surface area contributed by atoms with Gasteiger partial charge in [0.1, 0.15) is 0 Å². The zero-order valence-corrected chi connectivity index (χ0v) is 7.86. The van der Waals surface area contributed by atoms with Gasteiger partial charge in [-0.2, -0.15) is 0 Å². The van der Waals surface area contributed by atoms with Crippen LogP contribution in [-0.4, -0.2) is 18.8 Å². The van der Waals surface area contributed by atoms with Gasteiger partial charge in [-0.15, -0.1) is 0 Å². The average Bonchev–Trinajstić information content (AvgIpc) is 2.18. The minimum absolute atomic E-state index is 0.315. The highest BCUT2D eigenvalue weighted by atomic mass is 16.5. The van der Waals surface area contributed by atoms with E-state index in [0.29, 0.717) is 18.1 Å². The molecule has 1 fully saturated rings. The molecule has 2 nitrogen and oxygen atoms in total. The molecule has 0 bridgehead atoms. The zero-order valence-electron chi connectivity index (χ0n) is 7.86. The molecule has 3 atom stereocenters. The lowest BCUT2D eigenvalue weighted by Crippen LogP contribution is -2.34. The zero-order chi connectivity index (χ0) is 9.10. The van der Waals surface area contributed by atoms with Crippen LogP contribution < -0.4 is 5.73 Å².